The number of rotatable bonds is 5. The average molecular weight is 328 g/mol. The zero-order valence-electron chi connectivity index (χ0n) is 13.2. The standard InChI is InChI=1S/C15H24N2O4S/c1-4-17-9-12(8-14(17)15(18)19)22(20,21)16-13-7-5-6-10(2)11(13)3/h8-11,13,16H,4-7H2,1-3H3,(H,18,19). The van der Waals surface area contributed by atoms with Crippen molar-refractivity contribution < 1.29 is 18.3 Å². The summed E-state index contributed by atoms with van der Waals surface area (Å²) in [6.45, 7) is 6.40. The van der Waals surface area contributed by atoms with Crippen LogP contribution >= 0.6 is 0 Å². The summed E-state index contributed by atoms with van der Waals surface area (Å²) >= 11 is 0. The van der Waals surface area contributed by atoms with Gasteiger partial charge in [0.15, 0.2) is 0 Å². The first kappa shape index (κ1) is 17.0. The molecular formula is C15H24N2O4S. The number of nitrogens with zero attached hydrogens (tertiary/aromatic N) is 1. The van der Waals surface area contributed by atoms with Crippen LogP contribution in [0.25, 0.3) is 0 Å². The molecule has 1 aliphatic carbocycles. The molecule has 3 atom stereocenters. The molecule has 1 aliphatic rings. The Kier molecular flexibility index (Phi) is 4.97. The topological polar surface area (TPSA) is 88.4 Å². The molecule has 7 heteroatoms. The molecule has 0 aromatic carbocycles. The molecule has 1 aromatic heterocycles. The number of nitrogens with one attached hydrogen (secondary N) is 1. The second-order valence-corrected chi connectivity index (χ2v) is 7.86. The summed E-state index contributed by atoms with van der Waals surface area (Å²) < 4.78 is 29.3. The maximum Gasteiger partial charge on any atom is 0.352 e. The lowest BCUT2D eigenvalue weighted by molar-refractivity contribution is 0.0685. The van der Waals surface area contributed by atoms with E-state index in [1.54, 1.807) is 6.92 Å². The number of carboxylic acids is 1. The van der Waals surface area contributed by atoms with Crippen molar-refractivity contribution >= 4 is 16.0 Å². The Hall–Kier alpha value is -1.34. The zero-order chi connectivity index (χ0) is 16.5. The van der Waals surface area contributed by atoms with E-state index in [4.69, 9.17) is 5.11 Å². The van der Waals surface area contributed by atoms with Gasteiger partial charge in [-0.25, -0.2) is 17.9 Å². The van der Waals surface area contributed by atoms with Crippen molar-refractivity contribution in [1.82, 2.24) is 9.29 Å². The second-order valence-electron chi connectivity index (χ2n) is 6.15. The second kappa shape index (κ2) is 6.42. The number of carboxylic acid groups (broad SMARTS) is 1. The van der Waals surface area contributed by atoms with Gasteiger partial charge in [-0.2, -0.15) is 0 Å². The first-order chi connectivity index (χ1) is 10.3. The number of carbonyl (C=O) groups is 1. The van der Waals surface area contributed by atoms with Crippen LogP contribution in [0.3, 0.4) is 0 Å². The largest absolute Gasteiger partial charge is 0.477 e. The van der Waals surface area contributed by atoms with Gasteiger partial charge in [0.05, 0.1) is 0 Å². The minimum Gasteiger partial charge on any atom is -0.477 e. The van der Waals surface area contributed by atoms with Crippen molar-refractivity contribution in [1.29, 1.82) is 0 Å². The van der Waals surface area contributed by atoms with E-state index < -0.39 is 16.0 Å². The van der Waals surface area contributed by atoms with Crippen LogP contribution in [-0.4, -0.2) is 30.1 Å². The van der Waals surface area contributed by atoms with Gasteiger partial charge in [-0.15, -0.1) is 0 Å². The number of hydrogen-bond donors (Lipinski definition) is 2. The fourth-order valence-corrected chi connectivity index (χ4v) is 4.49. The van der Waals surface area contributed by atoms with E-state index in [2.05, 4.69) is 18.6 Å². The molecule has 6 nitrogen and oxygen atoms in total. The summed E-state index contributed by atoms with van der Waals surface area (Å²) in [7, 11) is -3.70. The minimum absolute atomic E-state index is 0.00654. The Morgan fingerprint density at radius 1 is 1.41 bits per heavy atom. The van der Waals surface area contributed by atoms with Crippen LogP contribution in [0.2, 0.25) is 0 Å². The smallest absolute Gasteiger partial charge is 0.352 e. The molecule has 3 unspecified atom stereocenters. The van der Waals surface area contributed by atoms with E-state index in [1.807, 2.05) is 0 Å². The molecule has 2 rings (SSSR count). The highest BCUT2D eigenvalue weighted by Gasteiger charge is 2.31. The van der Waals surface area contributed by atoms with Crippen LogP contribution in [0, 0.1) is 11.8 Å². The summed E-state index contributed by atoms with van der Waals surface area (Å²) in [5.41, 5.74) is -0.00654. The van der Waals surface area contributed by atoms with Crippen LogP contribution in [-0.2, 0) is 16.6 Å². The quantitative estimate of drug-likeness (QED) is 0.868. The Bertz CT molecular complexity index is 650. The van der Waals surface area contributed by atoms with Gasteiger partial charge >= 0.3 is 5.97 Å². The fourth-order valence-electron chi connectivity index (χ4n) is 3.09. The number of hydrogen-bond acceptors (Lipinski definition) is 3. The van der Waals surface area contributed by atoms with Gasteiger partial charge in [-0.05, 0) is 31.2 Å². The zero-order valence-corrected chi connectivity index (χ0v) is 14.1. The van der Waals surface area contributed by atoms with E-state index in [9.17, 15) is 13.2 Å². The summed E-state index contributed by atoms with van der Waals surface area (Å²) in [6, 6.07) is 1.14. The molecule has 1 aromatic rings. The molecule has 1 fully saturated rings. The Labute approximate surface area is 131 Å². The first-order valence-corrected chi connectivity index (χ1v) is 9.20. The van der Waals surface area contributed by atoms with Gasteiger partial charge in [0, 0.05) is 18.8 Å². The van der Waals surface area contributed by atoms with Crippen molar-refractivity contribution in [3.8, 4) is 0 Å². The third kappa shape index (κ3) is 3.35. The van der Waals surface area contributed by atoms with Crippen LogP contribution in [0.4, 0.5) is 0 Å². The summed E-state index contributed by atoms with van der Waals surface area (Å²) in [5.74, 6) is -0.366. The summed E-state index contributed by atoms with van der Waals surface area (Å²) in [4.78, 5) is 11.2. The van der Waals surface area contributed by atoms with Gasteiger partial charge in [0.25, 0.3) is 0 Å². The highest BCUT2D eigenvalue weighted by atomic mass is 32.2. The van der Waals surface area contributed by atoms with Gasteiger partial charge < -0.3 is 9.67 Å². The molecule has 0 spiro atoms. The molecule has 0 amide bonds. The van der Waals surface area contributed by atoms with Gasteiger partial charge in [0.2, 0.25) is 10.0 Å². The average Bonchev–Trinajstić information content (AvgIpc) is 2.89. The van der Waals surface area contributed by atoms with Crippen LogP contribution in [0.15, 0.2) is 17.2 Å². The third-order valence-electron chi connectivity index (χ3n) is 4.75. The van der Waals surface area contributed by atoms with Crippen LogP contribution in [0.5, 0.6) is 0 Å². The van der Waals surface area contributed by atoms with Gasteiger partial charge in [-0.3, -0.25) is 0 Å². The molecule has 0 aliphatic heterocycles. The van der Waals surface area contributed by atoms with E-state index in [-0.39, 0.29) is 22.5 Å². The minimum atomic E-state index is -3.70. The lowest BCUT2D eigenvalue weighted by atomic mass is 9.78. The number of aromatic nitrogens is 1. The molecule has 124 valence electrons. The van der Waals surface area contributed by atoms with Gasteiger partial charge in [0.1, 0.15) is 10.6 Å². The Morgan fingerprint density at radius 3 is 2.64 bits per heavy atom. The lowest BCUT2D eigenvalue weighted by Crippen LogP contribution is -2.43. The summed E-state index contributed by atoms with van der Waals surface area (Å²) in [6.07, 6.45) is 4.34. The molecule has 1 saturated carbocycles. The molecule has 0 bridgehead atoms. The van der Waals surface area contributed by atoms with Gasteiger partial charge in [-0.1, -0.05) is 26.7 Å². The predicted octanol–water partition coefficient (Wildman–Crippen LogP) is 2.31. The van der Waals surface area contributed by atoms with Crippen molar-refractivity contribution in [3.05, 3.63) is 18.0 Å². The predicted molar refractivity (Wildman–Crippen MR) is 83.4 cm³/mol. The van der Waals surface area contributed by atoms with E-state index in [1.165, 1.54) is 16.8 Å². The van der Waals surface area contributed by atoms with E-state index in [0.29, 0.717) is 12.5 Å². The molecule has 0 saturated heterocycles. The number of aromatic carboxylic acids is 1. The Balaban J connectivity index is 2.25. The molecule has 2 N–H and O–H groups in total. The molecule has 0 radical (unpaired) electrons. The first-order valence-electron chi connectivity index (χ1n) is 7.72. The lowest BCUT2D eigenvalue weighted by Gasteiger charge is -2.34. The fraction of sp³-hybridized carbons (Fsp3) is 0.667. The monoisotopic (exact) mass is 328 g/mol. The normalized spacial score (nSPS) is 26.0. The van der Waals surface area contributed by atoms with Crippen molar-refractivity contribution in [2.45, 2.75) is 57.5 Å². The van der Waals surface area contributed by atoms with Crippen LogP contribution in [0.1, 0.15) is 50.5 Å². The SMILES string of the molecule is CCn1cc(S(=O)(=O)NC2CCCC(C)C2C)cc1C(=O)O. The van der Waals surface area contributed by atoms with E-state index >= 15 is 0 Å². The van der Waals surface area contributed by atoms with E-state index in [0.717, 1.165) is 19.3 Å². The highest BCUT2D eigenvalue weighted by Crippen LogP contribution is 2.30. The van der Waals surface area contributed by atoms with Crippen molar-refractivity contribution in [2.75, 3.05) is 0 Å². The highest BCUT2D eigenvalue weighted by molar-refractivity contribution is 7.89. The van der Waals surface area contributed by atoms with Crippen LogP contribution < -0.4 is 4.72 Å². The maximum atomic E-state index is 12.5. The number of sulfonamides is 1. The molecule has 22 heavy (non-hydrogen) atoms. The molecular weight excluding hydrogens is 304 g/mol. The maximum absolute atomic E-state index is 12.5. The van der Waals surface area contributed by atoms with Crippen molar-refractivity contribution in [3.63, 3.8) is 0 Å². The van der Waals surface area contributed by atoms with Crippen molar-refractivity contribution in [2.24, 2.45) is 11.8 Å². The Morgan fingerprint density at radius 2 is 2.09 bits per heavy atom. The molecule has 1 heterocycles. The number of aryl methyl sites for hydroxylation is 1. The summed E-state index contributed by atoms with van der Waals surface area (Å²) in [5, 5.41) is 9.14. The third-order valence-corrected chi connectivity index (χ3v) is 6.21.